The number of benzene rings is 1. The van der Waals surface area contributed by atoms with Crippen molar-refractivity contribution in [2.24, 2.45) is 5.73 Å². The molecule has 84 valence electrons. The third kappa shape index (κ3) is 2.18. The Morgan fingerprint density at radius 1 is 1.44 bits per heavy atom. The molecule has 0 amide bonds. The van der Waals surface area contributed by atoms with E-state index in [0.717, 1.165) is 22.1 Å². The summed E-state index contributed by atoms with van der Waals surface area (Å²) in [6.07, 6.45) is 4.62. The van der Waals surface area contributed by atoms with Crippen molar-refractivity contribution in [1.29, 1.82) is 0 Å². The maximum atomic E-state index is 6.09. The van der Waals surface area contributed by atoms with Crippen LogP contribution >= 0.6 is 15.9 Å². The Hall–Kier alpha value is -1.13. The average Bonchev–Trinajstić information content (AvgIpc) is 2.75. The summed E-state index contributed by atoms with van der Waals surface area (Å²) in [5.41, 5.74) is 8.26. The van der Waals surface area contributed by atoms with E-state index in [-0.39, 0.29) is 6.04 Å². The van der Waals surface area contributed by atoms with Gasteiger partial charge in [0.25, 0.3) is 0 Å². The van der Waals surface area contributed by atoms with Crippen LogP contribution in [0.1, 0.15) is 24.9 Å². The third-order valence-electron chi connectivity index (χ3n) is 2.57. The van der Waals surface area contributed by atoms with E-state index in [4.69, 9.17) is 5.73 Å². The summed E-state index contributed by atoms with van der Waals surface area (Å²) in [4.78, 5) is 0. The average molecular weight is 280 g/mol. The van der Waals surface area contributed by atoms with Crippen molar-refractivity contribution in [2.75, 3.05) is 0 Å². The lowest BCUT2D eigenvalue weighted by Crippen LogP contribution is -2.12. The van der Waals surface area contributed by atoms with Gasteiger partial charge in [-0.05, 0) is 34.0 Å². The van der Waals surface area contributed by atoms with Crippen molar-refractivity contribution in [3.05, 3.63) is 46.7 Å². The van der Waals surface area contributed by atoms with Gasteiger partial charge >= 0.3 is 0 Å². The molecular formula is C12H14BrN3. The summed E-state index contributed by atoms with van der Waals surface area (Å²) >= 11 is 3.39. The van der Waals surface area contributed by atoms with Crippen LogP contribution in [0.2, 0.25) is 0 Å². The number of halogens is 1. The first kappa shape index (κ1) is 11.4. The van der Waals surface area contributed by atoms with Gasteiger partial charge in [0.2, 0.25) is 0 Å². The molecule has 0 unspecified atom stereocenters. The molecule has 0 aliphatic heterocycles. The second-order valence-electron chi connectivity index (χ2n) is 3.68. The van der Waals surface area contributed by atoms with E-state index < -0.39 is 0 Å². The van der Waals surface area contributed by atoms with Gasteiger partial charge in [-0.2, -0.15) is 5.10 Å². The topological polar surface area (TPSA) is 43.8 Å². The minimum absolute atomic E-state index is 0.0548. The van der Waals surface area contributed by atoms with E-state index in [1.54, 1.807) is 6.20 Å². The lowest BCUT2D eigenvalue weighted by molar-refractivity contribution is 0.686. The summed E-state index contributed by atoms with van der Waals surface area (Å²) < 4.78 is 2.81. The first-order valence-corrected chi connectivity index (χ1v) is 6.06. The maximum Gasteiger partial charge on any atom is 0.0693 e. The molecule has 0 spiro atoms. The van der Waals surface area contributed by atoms with Crippen LogP contribution in [0.5, 0.6) is 0 Å². The van der Waals surface area contributed by atoms with Crippen LogP contribution in [0, 0.1) is 0 Å². The Morgan fingerprint density at radius 2 is 2.19 bits per heavy atom. The van der Waals surface area contributed by atoms with Gasteiger partial charge in [0.05, 0.1) is 16.4 Å². The Morgan fingerprint density at radius 3 is 2.81 bits per heavy atom. The maximum absolute atomic E-state index is 6.09. The van der Waals surface area contributed by atoms with Crippen LogP contribution in [0.4, 0.5) is 0 Å². The molecular weight excluding hydrogens is 266 g/mol. The Labute approximate surface area is 103 Å². The minimum Gasteiger partial charge on any atom is -0.324 e. The molecule has 2 N–H and O–H groups in total. The Balaban J connectivity index is 2.48. The normalized spacial score (nSPS) is 12.7. The van der Waals surface area contributed by atoms with Gasteiger partial charge in [-0.3, -0.25) is 0 Å². The summed E-state index contributed by atoms with van der Waals surface area (Å²) in [6, 6.07) is 8.15. The van der Waals surface area contributed by atoms with Gasteiger partial charge in [0, 0.05) is 12.2 Å². The number of nitrogens with two attached hydrogens (primary N) is 1. The summed E-state index contributed by atoms with van der Waals surface area (Å²) in [5, 5.41) is 4.28. The number of rotatable bonds is 3. The van der Waals surface area contributed by atoms with Gasteiger partial charge in [0.15, 0.2) is 0 Å². The second-order valence-corrected chi connectivity index (χ2v) is 4.59. The summed E-state index contributed by atoms with van der Waals surface area (Å²) in [5.74, 6) is 0. The van der Waals surface area contributed by atoms with E-state index in [1.165, 1.54) is 0 Å². The van der Waals surface area contributed by atoms with E-state index >= 15 is 0 Å². The highest BCUT2D eigenvalue weighted by atomic mass is 79.9. The van der Waals surface area contributed by atoms with Crippen molar-refractivity contribution in [3.8, 4) is 5.69 Å². The first-order chi connectivity index (χ1) is 7.72. The lowest BCUT2D eigenvalue weighted by Gasteiger charge is -2.14. The highest BCUT2D eigenvalue weighted by molar-refractivity contribution is 9.10. The van der Waals surface area contributed by atoms with E-state index in [0.29, 0.717) is 0 Å². The number of aromatic nitrogens is 2. The first-order valence-electron chi connectivity index (χ1n) is 5.27. The predicted octanol–water partition coefficient (Wildman–Crippen LogP) is 3.04. The van der Waals surface area contributed by atoms with Crippen LogP contribution in [0.15, 0.2) is 41.1 Å². The fourth-order valence-electron chi connectivity index (χ4n) is 1.66. The lowest BCUT2D eigenvalue weighted by atomic mass is 10.0. The molecule has 16 heavy (non-hydrogen) atoms. The molecule has 0 aliphatic carbocycles. The molecule has 1 atom stereocenters. The molecule has 0 saturated heterocycles. The monoisotopic (exact) mass is 279 g/mol. The van der Waals surface area contributed by atoms with Crippen LogP contribution in [-0.2, 0) is 0 Å². The zero-order valence-electron chi connectivity index (χ0n) is 9.10. The van der Waals surface area contributed by atoms with Crippen molar-refractivity contribution < 1.29 is 0 Å². The van der Waals surface area contributed by atoms with Gasteiger partial charge in [-0.25, -0.2) is 4.68 Å². The molecule has 2 aromatic rings. The Kier molecular flexibility index (Phi) is 3.41. The van der Waals surface area contributed by atoms with Gasteiger partial charge in [-0.1, -0.05) is 25.1 Å². The standard InChI is InChI=1S/C12H14BrN3/c1-2-11(14)10-5-3-4-6-12(10)16-8-9(13)7-15-16/h3-8,11H,2,14H2,1H3/t11-/m0/s1. The molecule has 0 radical (unpaired) electrons. The van der Waals surface area contributed by atoms with E-state index in [2.05, 4.69) is 34.0 Å². The van der Waals surface area contributed by atoms with Crippen molar-refractivity contribution in [3.63, 3.8) is 0 Å². The fraction of sp³-hybridized carbons (Fsp3) is 0.250. The molecule has 1 aromatic heterocycles. The molecule has 1 heterocycles. The van der Waals surface area contributed by atoms with Crippen molar-refractivity contribution >= 4 is 15.9 Å². The molecule has 0 fully saturated rings. The zero-order chi connectivity index (χ0) is 11.5. The zero-order valence-corrected chi connectivity index (χ0v) is 10.7. The number of hydrogen-bond acceptors (Lipinski definition) is 2. The summed E-state index contributed by atoms with van der Waals surface area (Å²) in [6.45, 7) is 2.08. The van der Waals surface area contributed by atoms with Crippen LogP contribution < -0.4 is 5.73 Å². The Bertz CT molecular complexity index is 479. The van der Waals surface area contributed by atoms with E-state index in [1.807, 2.05) is 29.1 Å². The smallest absolute Gasteiger partial charge is 0.0693 e. The molecule has 2 rings (SSSR count). The largest absolute Gasteiger partial charge is 0.324 e. The van der Waals surface area contributed by atoms with Crippen LogP contribution in [0.3, 0.4) is 0 Å². The van der Waals surface area contributed by atoms with Crippen LogP contribution in [0.25, 0.3) is 5.69 Å². The number of para-hydroxylation sites is 1. The van der Waals surface area contributed by atoms with Gasteiger partial charge in [0.1, 0.15) is 0 Å². The SMILES string of the molecule is CC[C@H](N)c1ccccc1-n1cc(Br)cn1. The second kappa shape index (κ2) is 4.80. The molecule has 1 aromatic carbocycles. The quantitative estimate of drug-likeness (QED) is 0.939. The predicted molar refractivity (Wildman–Crippen MR) is 68.5 cm³/mol. The third-order valence-corrected chi connectivity index (χ3v) is 2.98. The van der Waals surface area contributed by atoms with Crippen molar-refractivity contribution in [1.82, 2.24) is 9.78 Å². The van der Waals surface area contributed by atoms with Crippen molar-refractivity contribution in [2.45, 2.75) is 19.4 Å². The molecule has 3 nitrogen and oxygen atoms in total. The van der Waals surface area contributed by atoms with Gasteiger partial charge in [-0.15, -0.1) is 0 Å². The van der Waals surface area contributed by atoms with Crippen LogP contribution in [-0.4, -0.2) is 9.78 Å². The molecule has 0 bridgehead atoms. The minimum atomic E-state index is 0.0548. The highest BCUT2D eigenvalue weighted by Gasteiger charge is 2.10. The van der Waals surface area contributed by atoms with Gasteiger partial charge < -0.3 is 5.73 Å². The molecule has 0 saturated carbocycles. The number of hydrogen-bond donors (Lipinski definition) is 1. The molecule has 4 heteroatoms. The number of nitrogens with zero attached hydrogens (tertiary/aromatic N) is 2. The highest BCUT2D eigenvalue weighted by Crippen LogP contribution is 2.22. The fourth-order valence-corrected chi connectivity index (χ4v) is 1.95. The van der Waals surface area contributed by atoms with E-state index in [9.17, 15) is 0 Å². The summed E-state index contributed by atoms with van der Waals surface area (Å²) in [7, 11) is 0. The molecule has 0 aliphatic rings.